The molecular weight excluding hydrogens is 272 g/mol. The Morgan fingerprint density at radius 1 is 1.29 bits per heavy atom. The van der Waals surface area contributed by atoms with Gasteiger partial charge >= 0.3 is 12.2 Å². The lowest BCUT2D eigenvalue weighted by molar-refractivity contribution is -0.147. The Bertz CT molecular complexity index is 510. The van der Waals surface area contributed by atoms with Crippen molar-refractivity contribution in [3.8, 4) is 0 Å². The first kappa shape index (κ1) is 16.8. The molecule has 0 aliphatic heterocycles. The molecular formula is C15H18N2O4. The Labute approximate surface area is 123 Å². The molecule has 0 saturated heterocycles. The van der Waals surface area contributed by atoms with Crippen LogP contribution in [0, 0.1) is 0 Å². The number of benzene rings is 1. The van der Waals surface area contributed by atoms with Crippen LogP contribution in [0.15, 0.2) is 30.3 Å². The van der Waals surface area contributed by atoms with Crippen molar-refractivity contribution in [1.82, 2.24) is 0 Å². The molecule has 21 heavy (non-hydrogen) atoms. The molecule has 1 rings (SSSR count). The maximum Gasteiger partial charge on any atom is 0.323 e. The Morgan fingerprint density at radius 2 is 2.00 bits per heavy atom. The molecule has 1 aromatic rings. The van der Waals surface area contributed by atoms with Crippen LogP contribution in [0.1, 0.15) is 25.3 Å². The van der Waals surface area contributed by atoms with Gasteiger partial charge in [-0.3, -0.25) is 9.59 Å². The highest BCUT2D eigenvalue weighted by Crippen LogP contribution is 2.10. The molecule has 0 fully saturated rings. The maximum absolute atomic E-state index is 11.5. The zero-order valence-corrected chi connectivity index (χ0v) is 11.9. The van der Waals surface area contributed by atoms with E-state index in [4.69, 9.17) is 15.0 Å². The lowest BCUT2D eigenvalue weighted by Gasteiger charge is -2.15. The minimum Gasteiger partial charge on any atom is -0.466 e. The predicted molar refractivity (Wildman–Crippen MR) is 75.6 cm³/mol. The van der Waals surface area contributed by atoms with Gasteiger partial charge in [-0.15, -0.1) is 0 Å². The summed E-state index contributed by atoms with van der Waals surface area (Å²) in [5.74, 6) is -0.843. The summed E-state index contributed by atoms with van der Waals surface area (Å²) < 4.78 is 10.4. The van der Waals surface area contributed by atoms with Crippen molar-refractivity contribution in [2.24, 2.45) is 0 Å². The van der Waals surface area contributed by atoms with Crippen LogP contribution in [0.3, 0.4) is 0 Å². The zero-order valence-electron chi connectivity index (χ0n) is 11.9. The fraction of sp³-hybridized carbons (Fsp3) is 0.400. The second-order valence-electron chi connectivity index (χ2n) is 4.34. The molecule has 0 amide bonds. The number of carbonyl (C=O) groups is 2. The molecule has 6 heteroatoms. The summed E-state index contributed by atoms with van der Waals surface area (Å²) in [6.07, 6.45) is 0.112. The van der Waals surface area contributed by atoms with Gasteiger partial charge in [0.05, 0.1) is 25.7 Å². The van der Waals surface area contributed by atoms with Gasteiger partial charge in [-0.25, -0.2) is 0 Å². The Kier molecular flexibility index (Phi) is 7.64. The van der Waals surface area contributed by atoms with Gasteiger partial charge in [-0.1, -0.05) is 30.3 Å². The number of ketones is 1. The van der Waals surface area contributed by atoms with Crippen molar-refractivity contribution < 1.29 is 23.9 Å². The first-order chi connectivity index (χ1) is 10.2. The van der Waals surface area contributed by atoms with Crippen LogP contribution < -0.4 is 0 Å². The van der Waals surface area contributed by atoms with E-state index < -0.39 is 17.9 Å². The highest BCUT2D eigenvalue weighted by atomic mass is 16.5. The van der Waals surface area contributed by atoms with Gasteiger partial charge in [-0.05, 0) is 12.5 Å². The van der Waals surface area contributed by atoms with Crippen LogP contribution >= 0.6 is 0 Å². The highest BCUT2D eigenvalue weighted by Gasteiger charge is 2.20. The number of ether oxygens (including phenoxy) is 2. The van der Waals surface area contributed by atoms with E-state index in [1.807, 2.05) is 30.3 Å². The van der Waals surface area contributed by atoms with Crippen molar-refractivity contribution in [2.75, 3.05) is 6.61 Å². The number of hydrogen-bond donors (Lipinski definition) is 0. The fourth-order valence-electron chi connectivity index (χ4n) is 1.73. The normalized spacial score (nSPS) is 11.3. The van der Waals surface area contributed by atoms with E-state index in [-0.39, 0.29) is 26.1 Å². The van der Waals surface area contributed by atoms with E-state index in [1.165, 1.54) is 0 Å². The van der Waals surface area contributed by atoms with Crippen molar-refractivity contribution >= 4 is 18.0 Å². The number of esters is 1. The van der Waals surface area contributed by atoms with Gasteiger partial charge in [0.25, 0.3) is 0 Å². The number of nitrogens with zero attached hydrogens (tertiary/aromatic N) is 2. The Hall–Kier alpha value is -2.30. The molecule has 0 bridgehead atoms. The molecule has 0 aliphatic rings. The maximum atomic E-state index is 11.5. The average Bonchev–Trinajstić information content (AvgIpc) is 2.46. The van der Waals surface area contributed by atoms with Crippen molar-refractivity contribution in [1.29, 1.82) is 0 Å². The first-order valence-electron chi connectivity index (χ1n) is 6.67. The SMILES string of the molecule is CCOC(=O)C[C@H](CC(=O)C=[N+]=[N-])OCc1ccccc1. The van der Waals surface area contributed by atoms with E-state index in [9.17, 15) is 9.59 Å². The van der Waals surface area contributed by atoms with E-state index in [1.54, 1.807) is 6.92 Å². The standard InChI is InChI=1S/C15H18N2O4/c1-2-20-15(19)9-14(8-13(18)10-17-16)21-11-12-6-4-3-5-7-12/h3-7,10,14H,2,8-9,11H2,1H3/t14-/m0/s1. The average molecular weight is 290 g/mol. The van der Waals surface area contributed by atoms with Crippen molar-refractivity contribution in [3.05, 3.63) is 41.4 Å². The van der Waals surface area contributed by atoms with Gasteiger partial charge in [0.15, 0.2) is 0 Å². The summed E-state index contributed by atoms with van der Waals surface area (Å²) in [4.78, 5) is 25.6. The topological polar surface area (TPSA) is 89.0 Å². The van der Waals surface area contributed by atoms with Gasteiger partial charge in [0.2, 0.25) is 5.78 Å². The first-order valence-corrected chi connectivity index (χ1v) is 6.67. The summed E-state index contributed by atoms with van der Waals surface area (Å²) >= 11 is 0. The molecule has 6 nitrogen and oxygen atoms in total. The number of Topliss-reactive ketones (excluding diaryl/α,β-unsaturated/α-hetero) is 1. The van der Waals surface area contributed by atoms with Gasteiger partial charge in [0.1, 0.15) is 0 Å². The Balaban J connectivity index is 2.59. The van der Waals surface area contributed by atoms with E-state index >= 15 is 0 Å². The van der Waals surface area contributed by atoms with Gasteiger partial charge < -0.3 is 15.0 Å². The quantitative estimate of drug-likeness (QED) is 0.300. The number of carbonyl (C=O) groups excluding carboxylic acids is 2. The molecule has 1 atom stereocenters. The van der Waals surface area contributed by atoms with Crippen LogP contribution in [0.4, 0.5) is 0 Å². The minimum absolute atomic E-state index is 0.0221. The molecule has 0 radical (unpaired) electrons. The highest BCUT2D eigenvalue weighted by molar-refractivity contribution is 6.25. The summed E-state index contributed by atoms with van der Waals surface area (Å²) in [6.45, 7) is 2.27. The fourth-order valence-corrected chi connectivity index (χ4v) is 1.73. The van der Waals surface area contributed by atoms with Crippen LogP contribution in [0.25, 0.3) is 5.53 Å². The molecule has 1 aromatic carbocycles. The third kappa shape index (κ3) is 7.15. The monoisotopic (exact) mass is 290 g/mol. The largest absolute Gasteiger partial charge is 0.466 e. The van der Waals surface area contributed by atoms with Crippen LogP contribution in [0.5, 0.6) is 0 Å². The smallest absolute Gasteiger partial charge is 0.323 e. The van der Waals surface area contributed by atoms with Crippen LogP contribution in [-0.4, -0.2) is 35.5 Å². The zero-order chi connectivity index (χ0) is 15.5. The summed E-state index contributed by atoms with van der Waals surface area (Å²) in [5.41, 5.74) is 9.28. The third-order valence-corrected chi connectivity index (χ3v) is 2.66. The molecule has 0 N–H and O–H groups in total. The number of rotatable bonds is 9. The van der Waals surface area contributed by atoms with Gasteiger partial charge in [-0.2, -0.15) is 4.79 Å². The molecule has 0 saturated carbocycles. The summed E-state index contributed by atoms with van der Waals surface area (Å²) in [7, 11) is 0. The summed E-state index contributed by atoms with van der Waals surface area (Å²) in [6, 6.07) is 9.42. The van der Waals surface area contributed by atoms with E-state index in [0.29, 0.717) is 0 Å². The molecule has 0 aromatic heterocycles. The third-order valence-electron chi connectivity index (χ3n) is 2.66. The predicted octanol–water partition coefficient (Wildman–Crippen LogP) is 1.78. The second kappa shape index (κ2) is 9.58. The molecule has 0 aliphatic carbocycles. The molecule has 0 unspecified atom stereocenters. The van der Waals surface area contributed by atoms with E-state index in [0.717, 1.165) is 11.8 Å². The number of hydrogen-bond acceptors (Lipinski definition) is 4. The van der Waals surface area contributed by atoms with Crippen LogP contribution in [-0.2, 0) is 25.7 Å². The lowest BCUT2D eigenvalue weighted by atomic mass is 10.1. The van der Waals surface area contributed by atoms with Crippen molar-refractivity contribution in [2.45, 2.75) is 32.5 Å². The van der Waals surface area contributed by atoms with E-state index in [2.05, 4.69) is 4.79 Å². The molecule has 112 valence electrons. The summed E-state index contributed by atoms with van der Waals surface area (Å²) in [5, 5.41) is 0. The van der Waals surface area contributed by atoms with Crippen molar-refractivity contribution in [3.63, 3.8) is 0 Å². The van der Waals surface area contributed by atoms with Gasteiger partial charge in [0, 0.05) is 6.42 Å². The minimum atomic E-state index is -0.616. The Morgan fingerprint density at radius 3 is 2.62 bits per heavy atom. The van der Waals surface area contributed by atoms with Crippen LogP contribution in [0.2, 0.25) is 0 Å². The lowest BCUT2D eigenvalue weighted by Crippen LogP contribution is -2.23. The molecule has 0 heterocycles. The second-order valence-corrected chi connectivity index (χ2v) is 4.34. The molecule has 0 spiro atoms.